The third-order valence-electron chi connectivity index (χ3n) is 4.63. The molecule has 1 nitrogen and oxygen atoms in total. The molecule has 0 saturated carbocycles. The fourth-order valence-electron chi connectivity index (χ4n) is 3.60. The van der Waals surface area contributed by atoms with E-state index in [1.54, 1.807) is 0 Å². The molecule has 2 aliphatic heterocycles. The number of alkyl halides is 3. The van der Waals surface area contributed by atoms with Crippen LogP contribution in [0.4, 0.5) is 17.6 Å². The fourth-order valence-corrected chi connectivity index (χ4v) is 3.84. The van der Waals surface area contributed by atoms with Gasteiger partial charge < -0.3 is 0 Å². The Morgan fingerprint density at radius 1 is 1.10 bits per heavy atom. The molecule has 2 heterocycles. The Morgan fingerprint density at radius 3 is 2.29 bits per heavy atom. The summed E-state index contributed by atoms with van der Waals surface area (Å²) in [7, 11) is 0. The number of benzene rings is 1. The summed E-state index contributed by atoms with van der Waals surface area (Å²) in [5.74, 6) is -0.727. The first-order chi connectivity index (χ1) is 9.86. The summed E-state index contributed by atoms with van der Waals surface area (Å²) in [4.78, 5) is 2.15. The van der Waals surface area contributed by atoms with Crippen molar-refractivity contribution >= 4 is 11.6 Å². The molecule has 2 fully saturated rings. The lowest BCUT2D eigenvalue weighted by molar-refractivity contribution is -0.137. The van der Waals surface area contributed by atoms with Crippen molar-refractivity contribution in [2.24, 2.45) is 0 Å². The maximum Gasteiger partial charge on any atom is 0.416 e. The normalized spacial score (nSPS) is 26.3. The Kier molecular flexibility index (Phi) is 3.91. The van der Waals surface area contributed by atoms with Gasteiger partial charge in [0.1, 0.15) is 5.82 Å². The van der Waals surface area contributed by atoms with Gasteiger partial charge in [-0.25, -0.2) is 4.39 Å². The SMILES string of the molecule is Fc1c(Cl)cc(C(F)(F)F)cc1CN1[C@@H]2CCC[C@H]1CC2. The first-order valence-corrected chi connectivity index (χ1v) is 7.55. The second kappa shape index (κ2) is 5.43. The summed E-state index contributed by atoms with van der Waals surface area (Å²) < 4.78 is 52.6. The Labute approximate surface area is 125 Å². The molecule has 3 rings (SSSR count). The minimum atomic E-state index is -4.51. The van der Waals surface area contributed by atoms with Gasteiger partial charge in [-0.3, -0.25) is 4.90 Å². The highest BCUT2D eigenvalue weighted by Crippen LogP contribution is 2.38. The van der Waals surface area contributed by atoms with Crippen molar-refractivity contribution in [2.45, 2.75) is 56.9 Å². The van der Waals surface area contributed by atoms with Crippen LogP contribution in [0.5, 0.6) is 0 Å². The molecule has 6 heteroatoms. The van der Waals surface area contributed by atoms with E-state index in [9.17, 15) is 17.6 Å². The fraction of sp³-hybridized carbons (Fsp3) is 0.600. The number of hydrogen-bond donors (Lipinski definition) is 0. The van der Waals surface area contributed by atoms with Gasteiger partial charge in [-0.2, -0.15) is 13.2 Å². The molecule has 0 aromatic heterocycles. The van der Waals surface area contributed by atoms with Crippen molar-refractivity contribution < 1.29 is 17.6 Å². The average Bonchev–Trinajstić information content (AvgIpc) is 2.63. The molecule has 21 heavy (non-hydrogen) atoms. The van der Waals surface area contributed by atoms with Crippen LogP contribution in [-0.4, -0.2) is 17.0 Å². The van der Waals surface area contributed by atoms with E-state index in [2.05, 4.69) is 4.90 Å². The maximum absolute atomic E-state index is 14.1. The van der Waals surface area contributed by atoms with Gasteiger partial charge in [0.25, 0.3) is 0 Å². The molecule has 0 spiro atoms. The van der Waals surface area contributed by atoms with Crippen LogP contribution in [-0.2, 0) is 12.7 Å². The molecule has 2 atom stereocenters. The van der Waals surface area contributed by atoms with E-state index in [0.717, 1.165) is 38.2 Å². The molecule has 0 unspecified atom stereocenters. The van der Waals surface area contributed by atoms with Crippen molar-refractivity contribution in [2.75, 3.05) is 0 Å². The molecular weight excluding hydrogens is 306 g/mol. The predicted octanol–water partition coefficient (Wildman–Crippen LogP) is 5.01. The van der Waals surface area contributed by atoms with Gasteiger partial charge in [0.2, 0.25) is 0 Å². The summed E-state index contributed by atoms with van der Waals surface area (Å²) in [5, 5.41) is -0.454. The zero-order chi connectivity index (χ0) is 15.2. The monoisotopic (exact) mass is 321 g/mol. The topological polar surface area (TPSA) is 3.24 Å². The third-order valence-corrected chi connectivity index (χ3v) is 4.90. The van der Waals surface area contributed by atoms with Crippen LogP contribution >= 0.6 is 11.6 Å². The van der Waals surface area contributed by atoms with Crippen LogP contribution in [0.1, 0.15) is 43.2 Å². The molecular formula is C15H16ClF4N. The Hall–Kier alpha value is -0.810. The van der Waals surface area contributed by atoms with E-state index < -0.39 is 22.6 Å². The smallest absolute Gasteiger partial charge is 0.293 e. The summed E-state index contributed by atoms with van der Waals surface area (Å²) in [6.45, 7) is 0.213. The third kappa shape index (κ3) is 2.90. The van der Waals surface area contributed by atoms with Crippen molar-refractivity contribution in [1.29, 1.82) is 0 Å². The summed E-state index contributed by atoms with van der Waals surface area (Å²) in [5.41, 5.74) is -0.832. The molecule has 0 N–H and O–H groups in total. The van der Waals surface area contributed by atoms with E-state index in [1.165, 1.54) is 0 Å². The van der Waals surface area contributed by atoms with Gasteiger partial charge >= 0.3 is 6.18 Å². The number of rotatable bonds is 2. The van der Waals surface area contributed by atoms with Gasteiger partial charge in [-0.1, -0.05) is 18.0 Å². The highest BCUT2D eigenvalue weighted by atomic mass is 35.5. The molecule has 1 aromatic carbocycles. The molecule has 2 bridgehead atoms. The number of fused-ring (bicyclic) bond motifs is 2. The highest BCUT2D eigenvalue weighted by Gasteiger charge is 2.37. The molecule has 0 radical (unpaired) electrons. The minimum absolute atomic E-state index is 0.0497. The standard InChI is InChI=1S/C15H16ClF4N/c16-13-7-10(15(18,19)20)6-9(14(13)17)8-21-11-2-1-3-12(21)5-4-11/h6-7,11-12H,1-5,8H2/t11-,12+. The average molecular weight is 322 g/mol. The first kappa shape index (κ1) is 15.1. The molecule has 2 aliphatic rings. The van der Waals surface area contributed by atoms with Crippen LogP contribution in [0, 0.1) is 5.82 Å². The van der Waals surface area contributed by atoms with Crippen molar-refractivity contribution in [1.82, 2.24) is 4.90 Å². The van der Waals surface area contributed by atoms with Crippen LogP contribution in [0.3, 0.4) is 0 Å². The zero-order valence-corrected chi connectivity index (χ0v) is 12.1. The molecule has 2 saturated heterocycles. The Balaban J connectivity index is 1.90. The highest BCUT2D eigenvalue weighted by molar-refractivity contribution is 6.30. The number of piperidine rings is 1. The van der Waals surface area contributed by atoms with Crippen LogP contribution in [0.25, 0.3) is 0 Å². The van der Waals surface area contributed by atoms with Crippen molar-refractivity contribution in [3.8, 4) is 0 Å². The lowest BCUT2D eigenvalue weighted by atomic mass is 10.0. The first-order valence-electron chi connectivity index (χ1n) is 7.17. The van der Waals surface area contributed by atoms with E-state index in [-0.39, 0.29) is 12.1 Å². The number of nitrogens with zero attached hydrogens (tertiary/aromatic N) is 1. The van der Waals surface area contributed by atoms with Crippen LogP contribution < -0.4 is 0 Å². The van der Waals surface area contributed by atoms with Crippen molar-refractivity contribution in [3.63, 3.8) is 0 Å². The van der Waals surface area contributed by atoms with Crippen LogP contribution in [0.2, 0.25) is 5.02 Å². The van der Waals surface area contributed by atoms with Gasteiger partial charge in [0.15, 0.2) is 0 Å². The van der Waals surface area contributed by atoms with Gasteiger partial charge in [0.05, 0.1) is 10.6 Å². The predicted molar refractivity (Wildman–Crippen MR) is 72.6 cm³/mol. The van der Waals surface area contributed by atoms with E-state index in [0.29, 0.717) is 18.2 Å². The molecule has 1 aromatic rings. The molecule has 116 valence electrons. The van der Waals surface area contributed by atoms with E-state index in [4.69, 9.17) is 11.6 Å². The zero-order valence-electron chi connectivity index (χ0n) is 11.4. The molecule has 0 aliphatic carbocycles. The second-order valence-electron chi connectivity index (χ2n) is 5.92. The van der Waals surface area contributed by atoms with Crippen LogP contribution in [0.15, 0.2) is 12.1 Å². The van der Waals surface area contributed by atoms with Gasteiger partial charge in [-0.05, 0) is 37.8 Å². The van der Waals surface area contributed by atoms with Gasteiger partial charge in [-0.15, -0.1) is 0 Å². The Morgan fingerprint density at radius 2 is 1.71 bits per heavy atom. The number of halogens is 5. The Bertz CT molecular complexity index is 527. The summed E-state index contributed by atoms with van der Waals surface area (Å²) in [6, 6.07) is 2.30. The lowest BCUT2D eigenvalue weighted by Gasteiger charge is -2.35. The minimum Gasteiger partial charge on any atom is -0.293 e. The maximum atomic E-state index is 14.1. The second-order valence-corrected chi connectivity index (χ2v) is 6.32. The summed E-state index contributed by atoms with van der Waals surface area (Å²) in [6.07, 6.45) is 0.845. The quantitative estimate of drug-likeness (QED) is 0.692. The molecule has 0 amide bonds. The van der Waals surface area contributed by atoms with Crippen molar-refractivity contribution in [3.05, 3.63) is 34.1 Å². The van der Waals surface area contributed by atoms with Gasteiger partial charge in [0, 0.05) is 24.2 Å². The largest absolute Gasteiger partial charge is 0.416 e. The van der Waals surface area contributed by atoms with E-state index >= 15 is 0 Å². The lowest BCUT2D eigenvalue weighted by Crippen LogP contribution is -2.39. The van der Waals surface area contributed by atoms with E-state index in [1.807, 2.05) is 0 Å². The number of hydrogen-bond acceptors (Lipinski definition) is 1. The summed E-state index contributed by atoms with van der Waals surface area (Å²) >= 11 is 5.64.